The van der Waals surface area contributed by atoms with Crippen molar-refractivity contribution in [2.75, 3.05) is 0 Å². The van der Waals surface area contributed by atoms with Gasteiger partial charge >= 0.3 is 0 Å². The third-order valence-electron chi connectivity index (χ3n) is 12.7. The number of hydrogen-bond acceptors (Lipinski definition) is 0. The van der Waals surface area contributed by atoms with Crippen molar-refractivity contribution in [3.63, 3.8) is 0 Å². The van der Waals surface area contributed by atoms with Crippen LogP contribution < -0.4 is 0 Å². The van der Waals surface area contributed by atoms with E-state index in [1.54, 1.807) is 83.5 Å². The highest BCUT2D eigenvalue weighted by Crippen LogP contribution is 2.49. The van der Waals surface area contributed by atoms with E-state index >= 15 is 0 Å². The quantitative estimate of drug-likeness (QED) is 0.208. The predicted octanol–water partition coefficient (Wildman–Crippen LogP) is 13.3. The zero-order valence-corrected chi connectivity index (χ0v) is 25.2. The molecular formula is C38H74. The predicted molar refractivity (Wildman–Crippen MR) is 173 cm³/mol. The lowest BCUT2D eigenvalue weighted by Crippen LogP contribution is -2.35. The first kappa shape index (κ1) is 34.2. The van der Waals surface area contributed by atoms with Gasteiger partial charge in [0.2, 0.25) is 0 Å². The summed E-state index contributed by atoms with van der Waals surface area (Å²) >= 11 is 0. The second kappa shape index (κ2) is 18.4. The van der Waals surface area contributed by atoms with Crippen molar-refractivity contribution in [1.29, 1.82) is 0 Å². The van der Waals surface area contributed by atoms with Gasteiger partial charge in [-0.2, -0.15) is 0 Å². The lowest BCUT2D eigenvalue weighted by atomic mass is 9.60. The molecule has 4 aliphatic carbocycles. The van der Waals surface area contributed by atoms with Crippen molar-refractivity contribution in [2.45, 2.75) is 190 Å². The van der Waals surface area contributed by atoms with E-state index < -0.39 is 0 Å². The van der Waals surface area contributed by atoms with Crippen LogP contribution in [-0.2, 0) is 0 Å². The van der Waals surface area contributed by atoms with E-state index in [-0.39, 0.29) is 14.9 Å². The molecule has 0 spiro atoms. The van der Waals surface area contributed by atoms with Gasteiger partial charge in [0, 0.05) is 0 Å². The molecule has 0 aromatic heterocycles. The Morgan fingerprint density at radius 1 is 0.526 bits per heavy atom. The van der Waals surface area contributed by atoms with Gasteiger partial charge in [-0.25, -0.2) is 0 Å². The highest BCUT2D eigenvalue weighted by Gasteiger charge is 2.38. The normalized spacial score (nSPS) is 32.8. The second-order valence-electron chi connectivity index (χ2n) is 14.8. The van der Waals surface area contributed by atoms with Gasteiger partial charge in [0.05, 0.1) is 0 Å². The van der Waals surface area contributed by atoms with Crippen LogP contribution in [0.1, 0.15) is 190 Å². The molecule has 4 rings (SSSR count). The molecule has 0 amide bonds. The van der Waals surface area contributed by atoms with Gasteiger partial charge in [0.25, 0.3) is 0 Å². The smallest absolute Gasteiger partial charge is 0.0355 e. The van der Waals surface area contributed by atoms with Gasteiger partial charge in [-0.15, -0.1) is 0 Å². The van der Waals surface area contributed by atoms with E-state index in [0.29, 0.717) is 0 Å². The molecule has 38 heavy (non-hydrogen) atoms. The first-order valence-corrected chi connectivity index (χ1v) is 17.7. The van der Waals surface area contributed by atoms with Gasteiger partial charge in [-0.1, -0.05) is 151 Å². The van der Waals surface area contributed by atoms with Crippen molar-refractivity contribution >= 4 is 0 Å². The van der Waals surface area contributed by atoms with Gasteiger partial charge in [0.15, 0.2) is 0 Å². The molecule has 0 heteroatoms. The summed E-state index contributed by atoms with van der Waals surface area (Å²) in [5.41, 5.74) is 0. The Morgan fingerprint density at radius 3 is 1.87 bits per heavy atom. The first-order chi connectivity index (χ1) is 17.7. The molecule has 226 valence electrons. The molecule has 4 aliphatic rings. The fraction of sp³-hybridized carbons (Fsp3) is 1.00. The molecule has 0 N–H and O–H groups in total. The van der Waals surface area contributed by atoms with E-state index in [9.17, 15) is 0 Å². The summed E-state index contributed by atoms with van der Waals surface area (Å²) in [5, 5.41) is 0. The van der Waals surface area contributed by atoms with Crippen molar-refractivity contribution < 1.29 is 0 Å². The van der Waals surface area contributed by atoms with Crippen molar-refractivity contribution in [1.82, 2.24) is 0 Å². The molecule has 4 saturated carbocycles. The average Bonchev–Trinajstić information content (AvgIpc) is 2.94. The van der Waals surface area contributed by atoms with E-state index in [4.69, 9.17) is 0 Å². The molecule has 4 fully saturated rings. The van der Waals surface area contributed by atoms with E-state index in [1.807, 2.05) is 0 Å². The average molecular weight is 531 g/mol. The molecule has 0 heterocycles. The van der Waals surface area contributed by atoms with Crippen LogP contribution in [0.5, 0.6) is 0 Å². The standard InChI is InChI=1S/C36H66.2CH4/c1-4-5-6-8-18-33(36-23-14-21-34-19-11-12-22-35(34)36)20-13-15-28(2)29(3)30-24-26-32(27-25-30)31-16-9-7-10-17-31;;/h28-36H,4-27H2,1-3H3;2*1H4. The molecule has 6 unspecified atom stereocenters. The van der Waals surface area contributed by atoms with Crippen molar-refractivity contribution in [3.05, 3.63) is 0 Å². The Hall–Kier alpha value is 0. The van der Waals surface area contributed by atoms with Crippen LogP contribution in [-0.4, -0.2) is 0 Å². The van der Waals surface area contributed by atoms with Gasteiger partial charge < -0.3 is 0 Å². The minimum absolute atomic E-state index is 0. The Kier molecular flexibility index (Phi) is 16.6. The lowest BCUT2D eigenvalue weighted by molar-refractivity contribution is 0.0543. The fourth-order valence-electron chi connectivity index (χ4n) is 10.2. The van der Waals surface area contributed by atoms with Gasteiger partial charge in [-0.05, 0) is 91.8 Å². The van der Waals surface area contributed by atoms with E-state index in [2.05, 4.69) is 20.8 Å². The van der Waals surface area contributed by atoms with Crippen LogP contribution in [0.15, 0.2) is 0 Å². The molecule has 6 atom stereocenters. The van der Waals surface area contributed by atoms with Crippen LogP contribution in [0.3, 0.4) is 0 Å². The molecule has 0 bridgehead atoms. The Morgan fingerprint density at radius 2 is 1.13 bits per heavy atom. The van der Waals surface area contributed by atoms with Crippen LogP contribution in [0.2, 0.25) is 0 Å². The maximum atomic E-state index is 2.65. The summed E-state index contributed by atoms with van der Waals surface area (Å²) in [6.45, 7) is 7.65. The maximum Gasteiger partial charge on any atom is -0.0355 e. The Bertz CT molecular complexity index is 563. The zero-order valence-electron chi connectivity index (χ0n) is 25.2. The molecule has 0 radical (unpaired) electrons. The summed E-state index contributed by atoms with van der Waals surface area (Å²) in [6, 6.07) is 0. The molecule has 0 saturated heterocycles. The molecule has 0 aromatic carbocycles. The van der Waals surface area contributed by atoms with E-state index in [1.165, 1.54) is 70.6 Å². The monoisotopic (exact) mass is 531 g/mol. The van der Waals surface area contributed by atoms with Crippen LogP contribution >= 0.6 is 0 Å². The SMILES string of the molecule is C.C.CCCCCCC(CCCC(C)C(C)C1CCC(C2CCCCC2)CC1)C1CCCC2CCCCC21. The maximum absolute atomic E-state index is 2.65. The van der Waals surface area contributed by atoms with Crippen molar-refractivity contribution in [2.24, 2.45) is 53.3 Å². The third-order valence-corrected chi connectivity index (χ3v) is 12.7. The van der Waals surface area contributed by atoms with Crippen LogP contribution in [0.4, 0.5) is 0 Å². The minimum atomic E-state index is 0. The van der Waals surface area contributed by atoms with E-state index in [0.717, 1.165) is 53.3 Å². The lowest BCUT2D eigenvalue weighted by Gasteiger charge is -2.45. The Balaban J connectivity index is 0.00000253. The largest absolute Gasteiger partial charge is 0.0776 e. The minimum Gasteiger partial charge on any atom is -0.0776 e. The Labute approximate surface area is 242 Å². The number of rotatable bonds is 13. The summed E-state index contributed by atoms with van der Waals surface area (Å²) in [5.74, 6) is 9.49. The fourth-order valence-corrected chi connectivity index (χ4v) is 10.2. The number of fused-ring (bicyclic) bond motifs is 1. The topological polar surface area (TPSA) is 0 Å². The summed E-state index contributed by atoms with van der Waals surface area (Å²) in [6.07, 6.45) is 36.9. The second-order valence-corrected chi connectivity index (χ2v) is 14.8. The molecule has 0 aliphatic heterocycles. The molecular weight excluding hydrogens is 456 g/mol. The zero-order chi connectivity index (χ0) is 25.2. The first-order valence-electron chi connectivity index (χ1n) is 17.7. The molecule has 0 aromatic rings. The number of unbranched alkanes of at least 4 members (excludes halogenated alkanes) is 3. The highest BCUT2D eigenvalue weighted by molar-refractivity contribution is 4.89. The van der Waals surface area contributed by atoms with Gasteiger partial charge in [-0.3, -0.25) is 0 Å². The van der Waals surface area contributed by atoms with Crippen molar-refractivity contribution in [3.8, 4) is 0 Å². The molecule has 0 nitrogen and oxygen atoms in total. The van der Waals surface area contributed by atoms with Gasteiger partial charge in [0.1, 0.15) is 0 Å². The summed E-state index contributed by atoms with van der Waals surface area (Å²) < 4.78 is 0. The summed E-state index contributed by atoms with van der Waals surface area (Å²) in [4.78, 5) is 0. The summed E-state index contributed by atoms with van der Waals surface area (Å²) in [7, 11) is 0. The van der Waals surface area contributed by atoms with Crippen LogP contribution in [0.25, 0.3) is 0 Å². The number of hydrogen-bond donors (Lipinski definition) is 0. The highest BCUT2D eigenvalue weighted by atomic mass is 14.4. The van der Waals surface area contributed by atoms with Crippen LogP contribution in [0, 0.1) is 53.3 Å². The third kappa shape index (κ3) is 9.82.